The van der Waals surface area contributed by atoms with Gasteiger partial charge in [0.05, 0.1) is 6.07 Å². The molecule has 0 N–H and O–H groups in total. The standard InChI is InChI=1S/C41H49N4O/c1-9-44(10-2)34-24-26-38-37(39-27-25-35(45(11-3)12-4)29-41(39)46-40(38)28-34)15-13-14-36(30-16-20-32(21-17-30)42(5)6)31-18-22-33(23-19-31)43(7)8/h13-29H,9-12H2,1-8H3/q+1. The van der Waals surface area contributed by atoms with Gasteiger partial charge in [-0.3, -0.25) is 0 Å². The molecular weight excluding hydrogens is 564 g/mol. The van der Waals surface area contributed by atoms with Crippen LogP contribution in [0.5, 0.6) is 0 Å². The summed E-state index contributed by atoms with van der Waals surface area (Å²) in [5, 5.41) is 2.29. The number of hydrogen-bond donors (Lipinski definition) is 0. The molecule has 5 rings (SSSR count). The SMILES string of the molecule is CCN(CC)c1ccc2c(/C=C/C=C(c3ccc(N(C)C)cc3)c3ccc(N(C)C)cc3)c3ccc(=[N+](CC)CC)cc-3oc2c1. The van der Waals surface area contributed by atoms with E-state index in [1.165, 1.54) is 39.1 Å². The first kappa shape index (κ1) is 32.6. The number of anilines is 3. The zero-order chi connectivity index (χ0) is 32.8. The van der Waals surface area contributed by atoms with E-state index in [4.69, 9.17) is 4.42 Å². The molecule has 0 fully saturated rings. The molecule has 0 atom stereocenters. The van der Waals surface area contributed by atoms with Crippen molar-refractivity contribution in [2.45, 2.75) is 27.7 Å². The number of allylic oxidation sites excluding steroid dienone is 2. The quantitative estimate of drug-likeness (QED) is 0.0848. The van der Waals surface area contributed by atoms with Gasteiger partial charge in [-0.25, -0.2) is 4.58 Å². The zero-order valence-electron chi connectivity index (χ0n) is 28.8. The summed E-state index contributed by atoms with van der Waals surface area (Å²) in [5.41, 5.74) is 10.2. The van der Waals surface area contributed by atoms with Crippen LogP contribution in [-0.4, -0.2) is 54.4 Å². The van der Waals surface area contributed by atoms with Crippen LogP contribution in [-0.2, 0) is 0 Å². The van der Waals surface area contributed by atoms with Crippen molar-refractivity contribution in [1.29, 1.82) is 0 Å². The highest BCUT2D eigenvalue weighted by molar-refractivity contribution is 5.96. The van der Waals surface area contributed by atoms with Crippen LogP contribution in [0, 0.1) is 0 Å². The largest absolute Gasteiger partial charge is 0.456 e. The van der Waals surface area contributed by atoms with Crippen LogP contribution < -0.4 is 24.6 Å². The first-order chi connectivity index (χ1) is 22.3. The predicted molar refractivity (Wildman–Crippen MR) is 200 cm³/mol. The topological polar surface area (TPSA) is 25.9 Å². The lowest BCUT2D eigenvalue weighted by Gasteiger charge is -2.22. The molecule has 0 unspecified atom stereocenters. The van der Waals surface area contributed by atoms with Gasteiger partial charge in [0.25, 0.3) is 0 Å². The van der Waals surface area contributed by atoms with Crippen LogP contribution in [0.1, 0.15) is 44.4 Å². The highest BCUT2D eigenvalue weighted by atomic mass is 16.3. The van der Waals surface area contributed by atoms with E-state index in [2.05, 4.69) is 178 Å². The van der Waals surface area contributed by atoms with Crippen molar-refractivity contribution in [3.63, 3.8) is 0 Å². The number of nitrogens with zero attached hydrogens (tertiary/aromatic N) is 4. The van der Waals surface area contributed by atoms with Gasteiger partial charge in [0.2, 0.25) is 5.36 Å². The van der Waals surface area contributed by atoms with Crippen molar-refractivity contribution in [3.8, 4) is 11.3 Å². The molecule has 46 heavy (non-hydrogen) atoms. The molecule has 5 nitrogen and oxygen atoms in total. The second kappa shape index (κ2) is 14.6. The van der Waals surface area contributed by atoms with Crippen LogP contribution >= 0.6 is 0 Å². The van der Waals surface area contributed by atoms with Crippen molar-refractivity contribution in [2.75, 3.05) is 69.1 Å². The lowest BCUT2D eigenvalue weighted by Crippen LogP contribution is -2.29. The summed E-state index contributed by atoms with van der Waals surface area (Å²) in [4.78, 5) is 6.62. The van der Waals surface area contributed by atoms with Gasteiger partial charge in [-0.15, -0.1) is 0 Å². The van der Waals surface area contributed by atoms with Crippen molar-refractivity contribution in [2.24, 2.45) is 0 Å². The summed E-state index contributed by atoms with van der Waals surface area (Å²) in [6.07, 6.45) is 6.68. The Kier molecular flexibility index (Phi) is 10.3. The maximum Gasteiger partial charge on any atom is 0.203 e. The summed E-state index contributed by atoms with van der Waals surface area (Å²) in [6.45, 7) is 12.6. The second-order valence-electron chi connectivity index (χ2n) is 12.0. The van der Waals surface area contributed by atoms with Crippen LogP contribution in [0.4, 0.5) is 17.1 Å². The predicted octanol–water partition coefficient (Wildman–Crippen LogP) is 8.47. The molecule has 0 radical (unpaired) electrons. The Labute approximate surface area is 275 Å². The Morgan fingerprint density at radius 3 is 1.76 bits per heavy atom. The minimum Gasteiger partial charge on any atom is -0.456 e. The van der Waals surface area contributed by atoms with Crippen LogP contribution in [0.15, 0.2) is 101 Å². The fourth-order valence-corrected chi connectivity index (χ4v) is 6.13. The first-order valence-electron chi connectivity index (χ1n) is 16.5. The highest BCUT2D eigenvalue weighted by Crippen LogP contribution is 2.36. The van der Waals surface area contributed by atoms with Gasteiger partial charge in [-0.2, -0.15) is 0 Å². The van der Waals surface area contributed by atoms with E-state index in [0.717, 1.165) is 54.0 Å². The van der Waals surface area contributed by atoms with Gasteiger partial charge < -0.3 is 19.1 Å². The summed E-state index contributed by atoms with van der Waals surface area (Å²) >= 11 is 0. The zero-order valence-corrected chi connectivity index (χ0v) is 28.8. The van der Waals surface area contributed by atoms with Crippen LogP contribution in [0.3, 0.4) is 0 Å². The van der Waals surface area contributed by atoms with Gasteiger partial charge >= 0.3 is 0 Å². The summed E-state index contributed by atoms with van der Waals surface area (Å²) in [7, 11) is 8.30. The molecule has 5 heteroatoms. The molecule has 0 bridgehead atoms. The molecule has 238 valence electrons. The summed E-state index contributed by atoms with van der Waals surface area (Å²) < 4.78 is 9.02. The minimum absolute atomic E-state index is 0.899. The summed E-state index contributed by atoms with van der Waals surface area (Å²) in [5.74, 6) is 0.899. The van der Waals surface area contributed by atoms with Crippen molar-refractivity contribution < 1.29 is 4.42 Å². The second-order valence-corrected chi connectivity index (χ2v) is 12.0. The molecule has 1 heterocycles. The fourth-order valence-electron chi connectivity index (χ4n) is 6.13. The number of hydrogen-bond acceptors (Lipinski definition) is 4. The number of fused-ring (bicyclic) bond motifs is 2. The molecule has 0 saturated heterocycles. The Balaban J connectivity index is 1.69. The lowest BCUT2D eigenvalue weighted by molar-refractivity contribution is 0.604. The molecule has 0 saturated carbocycles. The molecule has 3 aromatic rings. The smallest absolute Gasteiger partial charge is 0.203 e. The van der Waals surface area contributed by atoms with E-state index in [0.29, 0.717) is 0 Å². The van der Waals surface area contributed by atoms with E-state index >= 15 is 0 Å². The molecule has 1 aliphatic heterocycles. The van der Waals surface area contributed by atoms with Gasteiger partial charge in [0.1, 0.15) is 24.4 Å². The van der Waals surface area contributed by atoms with Gasteiger partial charge in [0, 0.05) is 81.4 Å². The molecule has 0 amide bonds. The molecule has 3 aromatic carbocycles. The Morgan fingerprint density at radius 1 is 0.674 bits per heavy atom. The maximum absolute atomic E-state index is 6.66. The Hall–Kier alpha value is -4.77. The summed E-state index contributed by atoms with van der Waals surface area (Å²) in [6, 6.07) is 30.8. The van der Waals surface area contributed by atoms with Crippen LogP contribution in [0.2, 0.25) is 0 Å². The molecule has 0 spiro atoms. The van der Waals surface area contributed by atoms with Gasteiger partial charge in [-0.05, 0) is 92.4 Å². The van der Waals surface area contributed by atoms with E-state index in [-0.39, 0.29) is 0 Å². The van der Waals surface area contributed by atoms with Gasteiger partial charge in [-0.1, -0.05) is 42.5 Å². The van der Waals surface area contributed by atoms with E-state index in [1.54, 1.807) is 0 Å². The molecular formula is C41H49N4O+. The first-order valence-corrected chi connectivity index (χ1v) is 16.5. The third-order valence-corrected chi connectivity index (χ3v) is 8.90. The maximum atomic E-state index is 6.66. The third kappa shape index (κ3) is 6.89. The average molecular weight is 614 g/mol. The van der Waals surface area contributed by atoms with Crippen LogP contribution in [0.25, 0.3) is 33.9 Å². The van der Waals surface area contributed by atoms with Gasteiger partial charge in [0.15, 0.2) is 0 Å². The highest BCUT2D eigenvalue weighted by Gasteiger charge is 2.17. The third-order valence-electron chi connectivity index (χ3n) is 8.90. The Morgan fingerprint density at radius 2 is 1.24 bits per heavy atom. The number of benzene rings is 4. The normalized spacial score (nSPS) is 11.3. The fraction of sp³-hybridized carbons (Fsp3) is 0.293. The molecule has 0 aromatic heterocycles. The van der Waals surface area contributed by atoms with E-state index in [9.17, 15) is 0 Å². The Bertz CT molecular complexity index is 1810. The lowest BCUT2D eigenvalue weighted by atomic mass is 9.95. The van der Waals surface area contributed by atoms with E-state index < -0.39 is 0 Å². The minimum atomic E-state index is 0.899. The monoisotopic (exact) mass is 613 g/mol. The number of rotatable bonds is 11. The van der Waals surface area contributed by atoms with Crippen molar-refractivity contribution in [1.82, 2.24) is 4.58 Å². The molecule has 1 aliphatic carbocycles. The van der Waals surface area contributed by atoms with Crippen molar-refractivity contribution >= 4 is 39.7 Å². The molecule has 2 aliphatic rings. The average Bonchev–Trinajstić information content (AvgIpc) is 3.07. The van der Waals surface area contributed by atoms with E-state index in [1.807, 2.05) is 0 Å². The van der Waals surface area contributed by atoms with Crippen molar-refractivity contribution in [3.05, 3.63) is 119 Å².